The third-order valence-electron chi connectivity index (χ3n) is 24.6. The number of nitriles is 2. The van der Waals surface area contributed by atoms with Gasteiger partial charge in [-0.15, -0.1) is 22.7 Å². The number of hydrogen-bond donors (Lipinski definition) is 1. The Labute approximate surface area is 712 Å². The number of thiophene rings is 2. The number of nitrogens with zero attached hydrogens (tertiary/aromatic N) is 5. The van der Waals surface area contributed by atoms with Gasteiger partial charge in [0.05, 0.1) is 47.7 Å². The second-order valence-electron chi connectivity index (χ2n) is 33.3. The molecule has 14 nitrogen and oxygen atoms in total. The van der Waals surface area contributed by atoms with Gasteiger partial charge in [-0.05, 0) is 95.5 Å². The molecule has 117 heavy (non-hydrogen) atoms. The van der Waals surface area contributed by atoms with Crippen LogP contribution in [0.15, 0.2) is 60.7 Å². The summed E-state index contributed by atoms with van der Waals surface area (Å²) in [5, 5.41) is 25.7. The Bertz CT molecular complexity index is 4570. The summed E-state index contributed by atoms with van der Waals surface area (Å²) in [6.07, 6.45) is 59.5. The third-order valence-corrected chi connectivity index (χ3v) is 27.4. The Balaban J connectivity index is 0.932. The molecule has 0 spiro atoms. The standard InChI is InChI=1S/C100H134N6O8S3/c1-7-11-15-19-23-27-29-33-37-40-48-72(47-39-35-31-25-21-17-13-9-3)51-43-45-59-103-98(110)82-62-74(65-101)84(69-109)91-77(68-108)63-80(86(71-114-6)94(82)91)89-57-55-87(115-89)78-53-54-79(97-96(78)104-117-105-97)88-56-58-90(116-88)81-64-83-95-92(85(81)70-113-5)76(67-107)61-75(66-102)93(95)100(112)106(99(83)111)60-46-44-52-73(49-41-36-32-26-22-18-14-10-4)50-42-38-34-30-28-24-20-16-12-8-2/h53-58,61-64,67-69,72-73H,7-52,59-60,70-71H2,1-6H3,(H,103,110). The van der Waals surface area contributed by atoms with E-state index in [1.54, 1.807) is 20.3 Å². The van der Waals surface area contributed by atoms with Crippen LogP contribution in [0.3, 0.4) is 0 Å². The first-order valence-electron chi connectivity index (χ1n) is 45.5. The predicted octanol–water partition coefficient (Wildman–Crippen LogP) is 28.8. The second kappa shape index (κ2) is 51.7. The number of rotatable bonds is 62. The number of fused-ring (bicyclic) bond motifs is 2. The first kappa shape index (κ1) is 93.2. The maximum absolute atomic E-state index is 15.2. The van der Waals surface area contributed by atoms with Gasteiger partial charge in [-0.2, -0.15) is 19.3 Å². The number of carbonyl (C=O) groups excluding carboxylic acids is 6. The highest BCUT2D eigenvalue weighted by Gasteiger charge is 2.38. The quantitative estimate of drug-likeness (QED) is 0.0214. The molecule has 0 fully saturated rings. The lowest BCUT2D eigenvalue weighted by molar-refractivity contribution is 0.0605. The fourth-order valence-electron chi connectivity index (χ4n) is 18.1. The molecule has 1 aliphatic heterocycles. The molecule has 630 valence electrons. The van der Waals surface area contributed by atoms with Crippen LogP contribution in [0.5, 0.6) is 0 Å². The molecule has 1 N–H and O–H groups in total. The van der Waals surface area contributed by atoms with Crippen LogP contribution in [-0.4, -0.2) is 77.5 Å². The van der Waals surface area contributed by atoms with Crippen molar-refractivity contribution in [2.75, 3.05) is 27.3 Å². The topological polar surface area (TPSA) is 210 Å². The summed E-state index contributed by atoms with van der Waals surface area (Å²) in [7, 11) is 3.14. The van der Waals surface area contributed by atoms with Crippen LogP contribution in [0.1, 0.15) is 407 Å². The van der Waals surface area contributed by atoms with Crippen molar-refractivity contribution in [3.63, 3.8) is 0 Å². The van der Waals surface area contributed by atoms with E-state index in [4.69, 9.17) is 18.2 Å². The van der Waals surface area contributed by atoms with Gasteiger partial charge in [0.1, 0.15) is 17.1 Å². The van der Waals surface area contributed by atoms with Gasteiger partial charge in [-0.1, -0.05) is 322 Å². The lowest BCUT2D eigenvalue weighted by atomic mass is 9.83. The predicted molar refractivity (Wildman–Crippen MR) is 487 cm³/mol. The van der Waals surface area contributed by atoms with Gasteiger partial charge in [0.2, 0.25) is 0 Å². The Morgan fingerprint density at radius 3 is 1.22 bits per heavy atom. The Morgan fingerprint density at radius 2 is 0.812 bits per heavy atom. The number of ether oxygens (including phenoxy) is 2. The Morgan fingerprint density at radius 1 is 0.427 bits per heavy atom. The monoisotopic (exact) mass is 1640 g/mol. The van der Waals surface area contributed by atoms with Gasteiger partial charge in [0.25, 0.3) is 17.7 Å². The largest absolute Gasteiger partial charge is 0.380 e. The molecule has 0 saturated heterocycles. The number of nitrogens with one attached hydrogen (secondary N) is 1. The number of aromatic nitrogens is 2. The molecular weight excluding hydrogens is 1510 g/mol. The summed E-state index contributed by atoms with van der Waals surface area (Å²) in [4.78, 5) is 89.2. The second-order valence-corrected chi connectivity index (χ2v) is 36.0. The smallest absolute Gasteiger partial charge is 0.262 e. The summed E-state index contributed by atoms with van der Waals surface area (Å²) >= 11 is 4.08. The normalized spacial score (nSPS) is 12.7. The van der Waals surface area contributed by atoms with E-state index < -0.39 is 11.8 Å². The highest BCUT2D eigenvalue weighted by molar-refractivity contribution is 7.19. The van der Waals surface area contributed by atoms with Crippen molar-refractivity contribution in [2.24, 2.45) is 11.8 Å². The first-order valence-corrected chi connectivity index (χ1v) is 47.9. The molecule has 2 atom stereocenters. The number of unbranched alkanes of at least 4 members (excludes halogenated alkanes) is 34. The molecule has 0 aliphatic carbocycles. The highest BCUT2D eigenvalue weighted by atomic mass is 32.1. The van der Waals surface area contributed by atoms with Crippen LogP contribution in [0, 0.1) is 34.5 Å². The van der Waals surface area contributed by atoms with Crippen LogP contribution in [0.2, 0.25) is 0 Å². The molecular formula is C100H134N6O8S3. The van der Waals surface area contributed by atoms with Crippen molar-refractivity contribution < 1.29 is 38.2 Å². The van der Waals surface area contributed by atoms with Crippen molar-refractivity contribution in [1.82, 2.24) is 19.0 Å². The Kier molecular flexibility index (Phi) is 41.2. The number of benzene rings is 5. The molecule has 5 aromatic carbocycles. The molecule has 9 rings (SSSR count). The minimum atomic E-state index is -0.515. The van der Waals surface area contributed by atoms with E-state index in [1.807, 2.05) is 42.5 Å². The average molecular weight is 1640 g/mol. The van der Waals surface area contributed by atoms with Gasteiger partial charge < -0.3 is 14.8 Å². The maximum atomic E-state index is 15.2. The van der Waals surface area contributed by atoms with Gasteiger partial charge in [0, 0.05) is 107 Å². The van der Waals surface area contributed by atoms with Crippen LogP contribution >= 0.6 is 34.4 Å². The molecule has 4 heterocycles. The number of hydrogen-bond acceptors (Lipinski definition) is 15. The molecule has 1 aliphatic rings. The van der Waals surface area contributed by atoms with Crippen LogP contribution < -0.4 is 5.32 Å². The summed E-state index contributed by atoms with van der Waals surface area (Å²) in [5.41, 5.74) is 6.64. The Hall–Kier alpha value is -7.64. The minimum absolute atomic E-state index is 0.00914. The summed E-state index contributed by atoms with van der Waals surface area (Å²) in [6, 6.07) is 23.0. The molecule has 0 bridgehead atoms. The maximum Gasteiger partial charge on any atom is 0.262 e. The number of methoxy groups -OCH3 is 2. The summed E-state index contributed by atoms with van der Waals surface area (Å²) < 4.78 is 21.6. The van der Waals surface area contributed by atoms with Gasteiger partial charge >= 0.3 is 0 Å². The van der Waals surface area contributed by atoms with Crippen LogP contribution in [-0.2, 0) is 22.7 Å². The lowest BCUT2D eigenvalue weighted by Gasteiger charge is -2.30. The average Bonchev–Trinajstić information content (AvgIpc) is 1.28. The molecule has 0 radical (unpaired) electrons. The number of aldehydes is 3. The van der Waals surface area contributed by atoms with E-state index >= 15 is 4.79 Å². The minimum Gasteiger partial charge on any atom is -0.380 e. The molecule has 3 aromatic heterocycles. The molecule has 17 heteroatoms. The molecule has 3 amide bonds. The molecule has 8 aromatic rings. The fourth-order valence-corrected chi connectivity index (χ4v) is 20.8. The third kappa shape index (κ3) is 26.2. The van der Waals surface area contributed by atoms with Crippen molar-refractivity contribution in [2.45, 2.75) is 336 Å². The van der Waals surface area contributed by atoms with Crippen molar-refractivity contribution in [3.05, 3.63) is 116 Å². The molecule has 2 unspecified atom stereocenters. The van der Waals surface area contributed by atoms with E-state index in [1.165, 1.54) is 297 Å². The first-order chi connectivity index (χ1) is 57.5. The summed E-state index contributed by atoms with van der Waals surface area (Å²) in [6.45, 7) is 9.81. The zero-order valence-electron chi connectivity index (χ0n) is 71.7. The fraction of sp³-hybridized carbons (Fsp3) is 0.580. The zero-order valence-corrected chi connectivity index (χ0v) is 74.2. The lowest BCUT2D eigenvalue weighted by Crippen LogP contribution is -2.41. The van der Waals surface area contributed by atoms with Crippen molar-refractivity contribution in [3.8, 4) is 53.9 Å². The van der Waals surface area contributed by atoms with Gasteiger partial charge in [-0.3, -0.25) is 33.7 Å². The van der Waals surface area contributed by atoms with E-state index in [9.17, 15) is 34.5 Å². The van der Waals surface area contributed by atoms with E-state index in [-0.39, 0.29) is 75.6 Å². The van der Waals surface area contributed by atoms with E-state index in [0.717, 1.165) is 74.5 Å². The molecule has 0 saturated carbocycles. The van der Waals surface area contributed by atoms with Crippen molar-refractivity contribution >= 4 is 104 Å². The van der Waals surface area contributed by atoms with Gasteiger partial charge in [0.15, 0.2) is 18.9 Å². The number of imide groups is 1. The van der Waals surface area contributed by atoms with E-state index in [0.29, 0.717) is 93.1 Å². The SMILES string of the molecule is CCCCCCCCCCCCC(CCCCCCCCCC)CCCCNC(=O)c1cc(C#N)c(C=O)c2c(C=O)cc(-c3ccc(-c4ccc(-c5ccc(-c6cc7c8c(c(C#N)cc(C=O)c8c6COC)C(=O)N(CCCCC(CCCCCCCCCC)CCCCCCCCCCCC)C7=O)s5)c5nsnc45)s3)c(COC)c12. The number of amides is 3. The van der Waals surface area contributed by atoms with Crippen molar-refractivity contribution in [1.29, 1.82) is 10.5 Å². The van der Waals surface area contributed by atoms with Gasteiger partial charge in [-0.25, -0.2) is 0 Å². The van der Waals surface area contributed by atoms with E-state index in [2.05, 4.69) is 45.2 Å². The van der Waals surface area contributed by atoms with Crippen LogP contribution in [0.4, 0.5) is 0 Å². The summed E-state index contributed by atoms with van der Waals surface area (Å²) in [5.74, 6) is -0.0888. The highest BCUT2D eigenvalue weighted by Crippen LogP contribution is 2.48. The zero-order chi connectivity index (χ0) is 82.9. The number of carbonyl (C=O) groups is 6. The van der Waals surface area contributed by atoms with Crippen LogP contribution in [0.25, 0.3) is 74.3 Å².